The summed E-state index contributed by atoms with van der Waals surface area (Å²) in [5.74, 6) is -0.168. The molecule has 1 aliphatic heterocycles. The smallest absolute Gasteiger partial charge is 0.334 e. The molecule has 1 aliphatic carbocycles. The molecule has 1 aromatic carbocycles. The third-order valence-electron chi connectivity index (χ3n) is 5.72. The van der Waals surface area contributed by atoms with Gasteiger partial charge < -0.3 is 10.0 Å². The van der Waals surface area contributed by atoms with Crippen molar-refractivity contribution in [2.45, 2.75) is 63.5 Å². The van der Waals surface area contributed by atoms with Crippen LogP contribution in [0.5, 0.6) is 0 Å². The van der Waals surface area contributed by atoms with Crippen LogP contribution in [0.25, 0.3) is 0 Å². The van der Waals surface area contributed by atoms with Crippen LogP contribution < -0.4 is 0 Å². The Bertz CT molecular complexity index is 720. The number of carboxylic acid groups (broad SMARTS) is 1. The lowest BCUT2D eigenvalue weighted by Crippen LogP contribution is -2.38. The highest BCUT2D eigenvalue weighted by Crippen LogP contribution is 2.42. The fraction of sp³-hybridized carbons (Fsp3) is 0.542. The van der Waals surface area contributed by atoms with E-state index in [1.807, 2.05) is 17.8 Å². The number of thioether (sulfide) groups is 1. The molecule has 3 atom stereocenters. The Labute approximate surface area is 173 Å². The summed E-state index contributed by atoms with van der Waals surface area (Å²) in [4.78, 5) is 14.2. The van der Waals surface area contributed by atoms with Crippen LogP contribution in [0.15, 0.2) is 54.3 Å². The normalized spacial score (nSPS) is 25.0. The first-order valence-electron chi connectivity index (χ1n) is 10.4. The van der Waals surface area contributed by atoms with Gasteiger partial charge >= 0.3 is 5.97 Å². The van der Waals surface area contributed by atoms with Crippen LogP contribution in [0.4, 0.5) is 0 Å². The number of carboxylic acids is 1. The largest absolute Gasteiger partial charge is 0.478 e. The molecule has 152 valence electrons. The van der Waals surface area contributed by atoms with Crippen LogP contribution in [-0.4, -0.2) is 33.1 Å². The Kier molecular flexibility index (Phi) is 6.92. The van der Waals surface area contributed by atoms with E-state index in [0.717, 1.165) is 19.4 Å². The van der Waals surface area contributed by atoms with Crippen molar-refractivity contribution in [1.29, 1.82) is 0 Å². The second-order valence-corrected chi connectivity index (χ2v) is 10.5. The van der Waals surface area contributed by atoms with Gasteiger partial charge in [0, 0.05) is 18.0 Å². The van der Waals surface area contributed by atoms with Gasteiger partial charge in [-0.25, -0.2) is 4.79 Å². The summed E-state index contributed by atoms with van der Waals surface area (Å²) < 4.78 is 0. The Hall–Kier alpha value is -1.68. The van der Waals surface area contributed by atoms with Crippen LogP contribution in [0.2, 0.25) is 0 Å². The third-order valence-corrected chi connectivity index (χ3v) is 7.47. The van der Waals surface area contributed by atoms with E-state index in [4.69, 9.17) is 0 Å². The molecule has 3 nitrogen and oxygen atoms in total. The SMILES string of the molecule is CC(C)(C)CCN1C=CC=C(C(=O)O)C1SC1CCCC1Cc1ccccc1. The first-order chi connectivity index (χ1) is 13.3. The number of allylic oxidation sites excluding steroid dienone is 2. The highest BCUT2D eigenvalue weighted by molar-refractivity contribution is 8.00. The number of rotatable bonds is 7. The molecule has 2 aliphatic rings. The van der Waals surface area contributed by atoms with Gasteiger partial charge in [0.25, 0.3) is 0 Å². The zero-order chi connectivity index (χ0) is 20.1. The Morgan fingerprint density at radius 3 is 2.64 bits per heavy atom. The minimum absolute atomic E-state index is 0.0915. The predicted molar refractivity (Wildman–Crippen MR) is 118 cm³/mol. The van der Waals surface area contributed by atoms with Gasteiger partial charge in [0.2, 0.25) is 0 Å². The molecule has 1 fully saturated rings. The number of hydrogen-bond acceptors (Lipinski definition) is 3. The number of aliphatic carboxylic acids is 1. The monoisotopic (exact) mass is 399 g/mol. The lowest BCUT2D eigenvalue weighted by Gasteiger charge is -2.37. The molecular weight excluding hydrogens is 366 g/mol. The van der Waals surface area contributed by atoms with E-state index in [0.29, 0.717) is 16.7 Å². The van der Waals surface area contributed by atoms with E-state index in [1.54, 1.807) is 6.08 Å². The lowest BCUT2D eigenvalue weighted by molar-refractivity contribution is -0.133. The quantitative estimate of drug-likeness (QED) is 0.635. The molecule has 0 radical (unpaired) electrons. The number of nitrogens with zero attached hydrogens (tertiary/aromatic N) is 1. The topological polar surface area (TPSA) is 40.5 Å². The van der Waals surface area contributed by atoms with Crippen molar-refractivity contribution in [3.63, 3.8) is 0 Å². The number of benzene rings is 1. The van der Waals surface area contributed by atoms with Crippen molar-refractivity contribution >= 4 is 17.7 Å². The summed E-state index contributed by atoms with van der Waals surface area (Å²) in [5, 5.41) is 10.2. The van der Waals surface area contributed by atoms with Gasteiger partial charge in [-0.1, -0.05) is 57.5 Å². The van der Waals surface area contributed by atoms with Gasteiger partial charge in [-0.3, -0.25) is 0 Å². The molecule has 1 aromatic rings. The second-order valence-electron chi connectivity index (χ2n) is 9.22. The minimum atomic E-state index is -0.791. The Balaban J connectivity index is 1.72. The predicted octanol–water partition coefficient (Wildman–Crippen LogP) is 5.73. The Morgan fingerprint density at radius 1 is 1.21 bits per heavy atom. The highest BCUT2D eigenvalue weighted by Gasteiger charge is 2.35. The highest BCUT2D eigenvalue weighted by atomic mass is 32.2. The molecular formula is C24H33NO2S. The molecule has 3 unspecified atom stereocenters. The first-order valence-corrected chi connectivity index (χ1v) is 11.3. The summed E-state index contributed by atoms with van der Waals surface area (Å²) >= 11 is 1.88. The molecule has 0 bridgehead atoms. The van der Waals surface area contributed by atoms with Crippen molar-refractivity contribution in [2.75, 3.05) is 6.54 Å². The maximum Gasteiger partial charge on any atom is 0.334 e. The van der Waals surface area contributed by atoms with Crippen molar-refractivity contribution in [3.05, 3.63) is 59.8 Å². The van der Waals surface area contributed by atoms with Gasteiger partial charge in [0.05, 0.1) is 5.57 Å². The van der Waals surface area contributed by atoms with E-state index in [1.165, 1.54) is 24.8 Å². The standard InChI is InChI=1S/C24H33NO2S/c1-24(2,3)14-16-25-15-8-12-20(23(26)27)22(25)28-21-13-7-11-19(21)17-18-9-5-4-6-10-18/h4-6,8-10,12,15,19,21-22H,7,11,13-14,16-17H2,1-3H3,(H,26,27). The summed E-state index contributed by atoms with van der Waals surface area (Å²) in [6.07, 6.45) is 11.6. The summed E-state index contributed by atoms with van der Waals surface area (Å²) in [6, 6.07) is 10.7. The van der Waals surface area contributed by atoms with E-state index < -0.39 is 5.97 Å². The fourth-order valence-corrected chi connectivity index (χ4v) is 5.83. The van der Waals surface area contributed by atoms with Gasteiger partial charge in [0.1, 0.15) is 5.37 Å². The molecule has 1 heterocycles. The molecule has 1 saturated carbocycles. The summed E-state index contributed by atoms with van der Waals surface area (Å²) in [6.45, 7) is 7.61. The van der Waals surface area contributed by atoms with Gasteiger partial charge in [-0.15, -0.1) is 11.8 Å². The van der Waals surface area contributed by atoms with E-state index in [9.17, 15) is 9.90 Å². The van der Waals surface area contributed by atoms with Crippen LogP contribution in [0, 0.1) is 11.3 Å². The fourth-order valence-electron chi connectivity index (χ4n) is 4.08. The molecule has 1 N–H and O–H groups in total. The zero-order valence-corrected chi connectivity index (χ0v) is 18.1. The van der Waals surface area contributed by atoms with Gasteiger partial charge in [-0.05, 0) is 54.7 Å². The minimum Gasteiger partial charge on any atom is -0.478 e. The summed E-state index contributed by atoms with van der Waals surface area (Å²) in [5.41, 5.74) is 2.14. The van der Waals surface area contributed by atoms with E-state index >= 15 is 0 Å². The van der Waals surface area contributed by atoms with Crippen molar-refractivity contribution in [1.82, 2.24) is 4.90 Å². The zero-order valence-electron chi connectivity index (χ0n) is 17.3. The lowest BCUT2D eigenvalue weighted by atomic mass is 9.92. The molecule has 0 spiro atoms. The van der Waals surface area contributed by atoms with Gasteiger partial charge in [-0.2, -0.15) is 0 Å². The van der Waals surface area contributed by atoms with Crippen molar-refractivity contribution < 1.29 is 9.90 Å². The van der Waals surface area contributed by atoms with Crippen LogP contribution in [0.1, 0.15) is 52.0 Å². The van der Waals surface area contributed by atoms with Crippen LogP contribution >= 0.6 is 11.8 Å². The van der Waals surface area contributed by atoms with Crippen molar-refractivity contribution in [2.24, 2.45) is 11.3 Å². The maximum absolute atomic E-state index is 11.9. The van der Waals surface area contributed by atoms with Gasteiger partial charge in [0.15, 0.2) is 0 Å². The first kappa shape index (κ1) is 21.0. The number of hydrogen-bond donors (Lipinski definition) is 1. The molecule has 0 aromatic heterocycles. The Morgan fingerprint density at radius 2 is 1.96 bits per heavy atom. The maximum atomic E-state index is 11.9. The average molecular weight is 400 g/mol. The summed E-state index contributed by atoms with van der Waals surface area (Å²) in [7, 11) is 0. The molecule has 28 heavy (non-hydrogen) atoms. The van der Waals surface area contributed by atoms with Crippen molar-refractivity contribution in [3.8, 4) is 0 Å². The average Bonchev–Trinajstić information content (AvgIpc) is 3.07. The molecule has 0 saturated heterocycles. The van der Waals surface area contributed by atoms with Crippen LogP contribution in [-0.2, 0) is 11.2 Å². The molecule has 0 amide bonds. The molecule has 4 heteroatoms. The second kappa shape index (κ2) is 9.21. The van der Waals surface area contributed by atoms with Crippen LogP contribution in [0.3, 0.4) is 0 Å². The van der Waals surface area contributed by atoms with E-state index in [-0.39, 0.29) is 10.8 Å². The number of carbonyl (C=O) groups is 1. The van der Waals surface area contributed by atoms with E-state index in [2.05, 4.69) is 62.2 Å². The third kappa shape index (κ3) is 5.66. The molecule has 3 rings (SSSR count).